The Morgan fingerprint density at radius 3 is 2.62 bits per heavy atom. The molecule has 2 heteroatoms. The molecule has 0 unspecified atom stereocenters. The third-order valence-corrected chi connectivity index (χ3v) is 2.23. The SMILES string of the molecule is CCCc1cc(=O)oc(C)c1CC. The van der Waals surface area contributed by atoms with E-state index in [1.165, 1.54) is 5.56 Å². The molecule has 0 radical (unpaired) electrons. The van der Waals surface area contributed by atoms with Gasteiger partial charge in [0.2, 0.25) is 0 Å². The summed E-state index contributed by atoms with van der Waals surface area (Å²) >= 11 is 0. The Labute approximate surface area is 78.6 Å². The third-order valence-electron chi connectivity index (χ3n) is 2.23. The Morgan fingerprint density at radius 1 is 1.38 bits per heavy atom. The van der Waals surface area contributed by atoms with Crippen LogP contribution < -0.4 is 5.63 Å². The Kier molecular flexibility index (Phi) is 3.29. The normalized spacial score (nSPS) is 10.4. The van der Waals surface area contributed by atoms with Gasteiger partial charge in [0.1, 0.15) is 5.76 Å². The fraction of sp³-hybridized carbons (Fsp3) is 0.545. The van der Waals surface area contributed by atoms with Crippen LogP contribution in [0.1, 0.15) is 37.2 Å². The highest BCUT2D eigenvalue weighted by molar-refractivity contribution is 5.27. The number of aryl methyl sites for hydroxylation is 2. The molecule has 0 atom stereocenters. The van der Waals surface area contributed by atoms with Crippen LogP contribution >= 0.6 is 0 Å². The minimum Gasteiger partial charge on any atom is -0.428 e. The zero-order valence-electron chi connectivity index (χ0n) is 8.52. The van der Waals surface area contributed by atoms with E-state index in [0.29, 0.717) is 0 Å². The summed E-state index contributed by atoms with van der Waals surface area (Å²) in [6.45, 7) is 6.06. The van der Waals surface area contributed by atoms with Gasteiger partial charge in [-0.15, -0.1) is 0 Å². The summed E-state index contributed by atoms with van der Waals surface area (Å²) in [6.07, 6.45) is 2.97. The van der Waals surface area contributed by atoms with Crippen molar-refractivity contribution in [2.45, 2.75) is 40.0 Å². The van der Waals surface area contributed by atoms with Crippen LogP contribution in [0, 0.1) is 6.92 Å². The molecule has 0 aromatic carbocycles. The number of hydrogen-bond donors (Lipinski definition) is 0. The van der Waals surface area contributed by atoms with Crippen LogP contribution in [0.5, 0.6) is 0 Å². The average molecular weight is 180 g/mol. The van der Waals surface area contributed by atoms with E-state index in [0.717, 1.165) is 30.6 Å². The predicted octanol–water partition coefficient (Wildman–Crippen LogP) is 2.46. The highest BCUT2D eigenvalue weighted by Gasteiger charge is 2.06. The van der Waals surface area contributed by atoms with Crippen LogP contribution in [0.25, 0.3) is 0 Å². The monoisotopic (exact) mass is 180 g/mol. The maximum absolute atomic E-state index is 11.1. The van der Waals surface area contributed by atoms with E-state index >= 15 is 0 Å². The van der Waals surface area contributed by atoms with Crippen molar-refractivity contribution in [1.82, 2.24) is 0 Å². The van der Waals surface area contributed by atoms with Gasteiger partial charge in [0.25, 0.3) is 0 Å². The van der Waals surface area contributed by atoms with Crippen molar-refractivity contribution >= 4 is 0 Å². The zero-order valence-corrected chi connectivity index (χ0v) is 8.52. The van der Waals surface area contributed by atoms with Crippen LogP contribution in [0.3, 0.4) is 0 Å². The van der Waals surface area contributed by atoms with Crippen molar-refractivity contribution in [3.05, 3.63) is 33.4 Å². The van der Waals surface area contributed by atoms with Crippen molar-refractivity contribution < 1.29 is 4.42 Å². The van der Waals surface area contributed by atoms with Gasteiger partial charge in [0.15, 0.2) is 0 Å². The van der Waals surface area contributed by atoms with E-state index in [9.17, 15) is 4.79 Å². The van der Waals surface area contributed by atoms with Crippen LogP contribution in [0.15, 0.2) is 15.3 Å². The summed E-state index contributed by atoms with van der Waals surface area (Å²) in [4.78, 5) is 11.1. The second kappa shape index (κ2) is 4.26. The molecular weight excluding hydrogens is 164 g/mol. The maximum Gasteiger partial charge on any atom is 0.336 e. The Morgan fingerprint density at radius 2 is 2.08 bits per heavy atom. The minimum atomic E-state index is -0.224. The molecule has 0 saturated carbocycles. The molecule has 1 aromatic rings. The van der Waals surface area contributed by atoms with E-state index in [2.05, 4.69) is 13.8 Å². The standard InChI is InChI=1S/C11H16O2/c1-4-6-9-7-11(12)13-8(3)10(9)5-2/h7H,4-6H2,1-3H3. The molecule has 1 aromatic heterocycles. The van der Waals surface area contributed by atoms with Crippen LogP contribution in [0.2, 0.25) is 0 Å². The second-order valence-electron chi connectivity index (χ2n) is 3.23. The van der Waals surface area contributed by atoms with Gasteiger partial charge in [-0.3, -0.25) is 0 Å². The number of rotatable bonds is 3. The first-order chi connectivity index (χ1) is 6.19. The molecule has 0 N–H and O–H groups in total. The number of hydrogen-bond acceptors (Lipinski definition) is 2. The first-order valence-corrected chi connectivity index (χ1v) is 4.81. The van der Waals surface area contributed by atoms with E-state index in [-0.39, 0.29) is 5.63 Å². The molecule has 0 spiro atoms. The highest BCUT2D eigenvalue weighted by Crippen LogP contribution is 2.13. The van der Waals surface area contributed by atoms with E-state index in [1.807, 2.05) is 6.92 Å². The molecule has 1 rings (SSSR count). The molecule has 0 aliphatic heterocycles. The van der Waals surface area contributed by atoms with Gasteiger partial charge in [-0.05, 0) is 30.9 Å². The maximum atomic E-state index is 11.1. The van der Waals surface area contributed by atoms with Crippen molar-refractivity contribution in [3.8, 4) is 0 Å². The average Bonchev–Trinajstić information content (AvgIpc) is 2.04. The molecule has 0 aliphatic carbocycles. The largest absolute Gasteiger partial charge is 0.428 e. The van der Waals surface area contributed by atoms with Gasteiger partial charge in [0.05, 0.1) is 0 Å². The summed E-state index contributed by atoms with van der Waals surface area (Å²) in [5, 5.41) is 0. The Hall–Kier alpha value is -1.05. The second-order valence-corrected chi connectivity index (χ2v) is 3.23. The van der Waals surface area contributed by atoms with E-state index in [1.54, 1.807) is 6.07 Å². The molecule has 13 heavy (non-hydrogen) atoms. The quantitative estimate of drug-likeness (QED) is 0.715. The summed E-state index contributed by atoms with van der Waals surface area (Å²) in [6, 6.07) is 1.62. The molecule has 2 nitrogen and oxygen atoms in total. The molecular formula is C11H16O2. The fourth-order valence-corrected chi connectivity index (χ4v) is 1.67. The smallest absolute Gasteiger partial charge is 0.336 e. The van der Waals surface area contributed by atoms with Crippen LogP contribution in [-0.4, -0.2) is 0 Å². The topological polar surface area (TPSA) is 30.2 Å². The zero-order chi connectivity index (χ0) is 9.84. The molecule has 0 fully saturated rings. The van der Waals surface area contributed by atoms with Crippen LogP contribution in [0.4, 0.5) is 0 Å². The molecule has 0 amide bonds. The fourth-order valence-electron chi connectivity index (χ4n) is 1.67. The lowest BCUT2D eigenvalue weighted by atomic mass is 10.0. The summed E-state index contributed by atoms with van der Waals surface area (Å²) in [5.74, 6) is 0.776. The van der Waals surface area contributed by atoms with E-state index < -0.39 is 0 Å². The Bertz CT molecular complexity index is 336. The van der Waals surface area contributed by atoms with Gasteiger partial charge < -0.3 is 4.42 Å². The van der Waals surface area contributed by atoms with Gasteiger partial charge >= 0.3 is 5.63 Å². The molecule has 1 heterocycles. The van der Waals surface area contributed by atoms with Crippen LogP contribution in [-0.2, 0) is 12.8 Å². The lowest BCUT2D eigenvalue weighted by Crippen LogP contribution is -2.06. The summed E-state index contributed by atoms with van der Waals surface area (Å²) in [5.41, 5.74) is 2.12. The van der Waals surface area contributed by atoms with Crippen molar-refractivity contribution in [1.29, 1.82) is 0 Å². The van der Waals surface area contributed by atoms with Gasteiger partial charge in [-0.2, -0.15) is 0 Å². The molecule has 0 aliphatic rings. The predicted molar refractivity (Wildman–Crippen MR) is 53.1 cm³/mol. The highest BCUT2D eigenvalue weighted by atomic mass is 16.4. The minimum absolute atomic E-state index is 0.224. The van der Waals surface area contributed by atoms with Crippen molar-refractivity contribution in [2.75, 3.05) is 0 Å². The van der Waals surface area contributed by atoms with Gasteiger partial charge in [-0.1, -0.05) is 20.3 Å². The van der Waals surface area contributed by atoms with Gasteiger partial charge in [-0.25, -0.2) is 4.79 Å². The van der Waals surface area contributed by atoms with Crippen molar-refractivity contribution in [2.24, 2.45) is 0 Å². The summed E-state index contributed by atoms with van der Waals surface area (Å²) < 4.78 is 5.03. The first kappa shape index (κ1) is 10.0. The van der Waals surface area contributed by atoms with Crippen molar-refractivity contribution in [3.63, 3.8) is 0 Å². The Balaban J connectivity index is 3.21. The lowest BCUT2D eigenvalue weighted by Gasteiger charge is -2.07. The summed E-state index contributed by atoms with van der Waals surface area (Å²) in [7, 11) is 0. The molecule has 0 saturated heterocycles. The lowest BCUT2D eigenvalue weighted by molar-refractivity contribution is 0.470. The molecule has 72 valence electrons. The molecule has 0 bridgehead atoms. The van der Waals surface area contributed by atoms with Gasteiger partial charge in [0, 0.05) is 6.07 Å². The van der Waals surface area contributed by atoms with E-state index in [4.69, 9.17) is 4.42 Å². The first-order valence-electron chi connectivity index (χ1n) is 4.81. The third kappa shape index (κ3) is 2.20.